The second-order valence-electron chi connectivity index (χ2n) is 4.18. The summed E-state index contributed by atoms with van der Waals surface area (Å²) in [7, 11) is 0. The lowest BCUT2D eigenvalue weighted by atomic mass is 10.1. The highest BCUT2D eigenvalue weighted by Gasteiger charge is 2.04. The van der Waals surface area contributed by atoms with Crippen LogP contribution in [-0.4, -0.2) is 22.8 Å². The first kappa shape index (κ1) is 15.0. The summed E-state index contributed by atoms with van der Waals surface area (Å²) in [5.74, 6) is -0.652. The van der Waals surface area contributed by atoms with E-state index in [1.807, 2.05) is 19.9 Å². The molecule has 0 atom stereocenters. The molecule has 0 heterocycles. The van der Waals surface area contributed by atoms with Gasteiger partial charge in [0, 0.05) is 17.7 Å². The van der Waals surface area contributed by atoms with Gasteiger partial charge in [-0.3, -0.25) is 14.9 Å². The third kappa shape index (κ3) is 5.92. The van der Waals surface area contributed by atoms with Crippen molar-refractivity contribution in [3.05, 3.63) is 48.0 Å². The minimum atomic E-state index is -0.428. The number of thiocarbonyl (C=S) groups is 1. The average Bonchev–Trinajstić information content (AvgIpc) is 2.36. The summed E-state index contributed by atoms with van der Waals surface area (Å²) in [6.07, 6.45) is 2.40. The van der Waals surface area contributed by atoms with Crippen molar-refractivity contribution in [1.29, 1.82) is 0 Å². The lowest BCUT2D eigenvalue weighted by Crippen LogP contribution is -2.41. The van der Waals surface area contributed by atoms with Gasteiger partial charge >= 0.3 is 0 Å². The first-order chi connectivity index (χ1) is 8.99. The molecule has 0 bridgehead atoms. The van der Waals surface area contributed by atoms with Gasteiger partial charge in [-0.05, 0) is 32.1 Å². The molecule has 0 unspecified atom stereocenters. The first-order valence-electron chi connectivity index (χ1n) is 5.88. The summed E-state index contributed by atoms with van der Waals surface area (Å²) in [4.78, 5) is 23.2. The van der Waals surface area contributed by atoms with Crippen LogP contribution in [0.2, 0.25) is 0 Å². The van der Waals surface area contributed by atoms with Gasteiger partial charge in [0.2, 0.25) is 5.91 Å². The van der Waals surface area contributed by atoms with Crippen LogP contribution in [0.15, 0.2) is 42.5 Å². The highest BCUT2D eigenvalue weighted by molar-refractivity contribution is 7.80. The summed E-state index contributed by atoms with van der Waals surface area (Å²) in [5.41, 5.74) is 0.537. The van der Waals surface area contributed by atoms with Crippen LogP contribution in [0.4, 0.5) is 0 Å². The van der Waals surface area contributed by atoms with Gasteiger partial charge in [-0.25, -0.2) is 0 Å². The maximum Gasteiger partial charge on any atom is 0.250 e. The van der Waals surface area contributed by atoms with E-state index in [9.17, 15) is 9.59 Å². The maximum atomic E-state index is 11.7. The van der Waals surface area contributed by atoms with Gasteiger partial charge in [-0.1, -0.05) is 30.3 Å². The molecule has 0 aliphatic carbocycles. The SMILES string of the molecule is CC(C)NC(=S)NC(=O)C=CC(=O)c1ccccc1. The Balaban J connectivity index is 2.50. The van der Waals surface area contributed by atoms with E-state index in [4.69, 9.17) is 12.2 Å². The van der Waals surface area contributed by atoms with Crippen molar-refractivity contribution < 1.29 is 9.59 Å². The molecule has 0 aromatic heterocycles. The summed E-state index contributed by atoms with van der Waals surface area (Å²) in [6.45, 7) is 3.82. The molecule has 0 spiro atoms. The Morgan fingerprint density at radius 1 is 1.16 bits per heavy atom. The molecule has 0 fully saturated rings. The van der Waals surface area contributed by atoms with Crippen LogP contribution in [-0.2, 0) is 4.79 Å². The molecule has 0 aliphatic rings. The molecule has 0 radical (unpaired) electrons. The van der Waals surface area contributed by atoms with Crippen LogP contribution >= 0.6 is 12.2 Å². The van der Waals surface area contributed by atoms with Crippen LogP contribution in [0.5, 0.6) is 0 Å². The van der Waals surface area contributed by atoms with Crippen molar-refractivity contribution >= 4 is 29.0 Å². The minimum absolute atomic E-state index is 0.141. The third-order valence-electron chi connectivity index (χ3n) is 2.10. The molecule has 1 rings (SSSR count). The Labute approximate surface area is 117 Å². The summed E-state index contributed by atoms with van der Waals surface area (Å²) in [5, 5.41) is 5.58. The van der Waals surface area contributed by atoms with Gasteiger partial charge in [0.1, 0.15) is 0 Å². The zero-order valence-corrected chi connectivity index (χ0v) is 11.7. The van der Waals surface area contributed by atoms with Gasteiger partial charge in [0.15, 0.2) is 10.9 Å². The van der Waals surface area contributed by atoms with Gasteiger partial charge in [0.05, 0.1) is 0 Å². The predicted octanol–water partition coefficient (Wildman–Crippen LogP) is 1.82. The fourth-order valence-corrected chi connectivity index (χ4v) is 1.64. The fourth-order valence-electron chi connectivity index (χ4n) is 1.30. The molecule has 0 aliphatic heterocycles. The number of hydrogen-bond donors (Lipinski definition) is 2. The zero-order chi connectivity index (χ0) is 14.3. The Kier molecular flexibility index (Phi) is 5.89. The quantitative estimate of drug-likeness (QED) is 0.500. The Bertz CT molecular complexity index is 495. The third-order valence-corrected chi connectivity index (χ3v) is 2.32. The molecule has 100 valence electrons. The molecular weight excluding hydrogens is 260 g/mol. The average molecular weight is 276 g/mol. The maximum absolute atomic E-state index is 11.7. The number of allylic oxidation sites excluding steroid dienone is 1. The molecule has 1 aromatic carbocycles. The second kappa shape index (κ2) is 7.43. The van der Waals surface area contributed by atoms with Crippen molar-refractivity contribution in [2.75, 3.05) is 0 Å². The van der Waals surface area contributed by atoms with E-state index in [-0.39, 0.29) is 16.9 Å². The van der Waals surface area contributed by atoms with Gasteiger partial charge < -0.3 is 5.32 Å². The number of carbonyl (C=O) groups is 2. The number of amides is 1. The summed E-state index contributed by atoms with van der Waals surface area (Å²) < 4.78 is 0. The standard InChI is InChI=1S/C14H16N2O2S/c1-10(2)15-14(19)16-13(18)9-8-12(17)11-6-4-3-5-7-11/h3-10H,1-2H3,(H2,15,16,18,19). The van der Waals surface area contributed by atoms with E-state index in [1.54, 1.807) is 24.3 Å². The van der Waals surface area contributed by atoms with E-state index < -0.39 is 5.91 Å². The zero-order valence-electron chi connectivity index (χ0n) is 10.8. The number of ketones is 1. The largest absolute Gasteiger partial charge is 0.360 e. The smallest absolute Gasteiger partial charge is 0.250 e. The molecule has 4 nitrogen and oxygen atoms in total. The van der Waals surface area contributed by atoms with E-state index >= 15 is 0 Å². The monoisotopic (exact) mass is 276 g/mol. The topological polar surface area (TPSA) is 58.2 Å². The molecule has 1 amide bonds. The molecule has 0 saturated carbocycles. The lowest BCUT2D eigenvalue weighted by molar-refractivity contribution is -0.115. The fraction of sp³-hybridized carbons (Fsp3) is 0.214. The molecular formula is C14H16N2O2S. The highest BCUT2D eigenvalue weighted by Crippen LogP contribution is 2.00. The first-order valence-corrected chi connectivity index (χ1v) is 6.29. The molecule has 2 N–H and O–H groups in total. The second-order valence-corrected chi connectivity index (χ2v) is 4.59. The number of benzene rings is 1. The molecule has 19 heavy (non-hydrogen) atoms. The van der Waals surface area contributed by atoms with Crippen molar-refractivity contribution in [3.8, 4) is 0 Å². The van der Waals surface area contributed by atoms with Crippen molar-refractivity contribution in [2.45, 2.75) is 19.9 Å². The van der Waals surface area contributed by atoms with Crippen molar-refractivity contribution in [3.63, 3.8) is 0 Å². The van der Waals surface area contributed by atoms with E-state index in [0.717, 1.165) is 0 Å². The van der Waals surface area contributed by atoms with Gasteiger partial charge in [0.25, 0.3) is 0 Å². The molecule has 5 heteroatoms. The van der Waals surface area contributed by atoms with Crippen LogP contribution in [0.1, 0.15) is 24.2 Å². The number of nitrogens with one attached hydrogen (secondary N) is 2. The van der Waals surface area contributed by atoms with Crippen LogP contribution in [0.25, 0.3) is 0 Å². The molecule has 1 aromatic rings. The molecule has 0 saturated heterocycles. The van der Waals surface area contributed by atoms with E-state index in [0.29, 0.717) is 5.56 Å². The Morgan fingerprint density at radius 3 is 2.37 bits per heavy atom. The summed E-state index contributed by atoms with van der Waals surface area (Å²) >= 11 is 4.92. The van der Waals surface area contributed by atoms with Gasteiger partial charge in [-0.2, -0.15) is 0 Å². The van der Waals surface area contributed by atoms with Crippen molar-refractivity contribution in [1.82, 2.24) is 10.6 Å². The van der Waals surface area contributed by atoms with E-state index in [1.165, 1.54) is 12.2 Å². The van der Waals surface area contributed by atoms with Crippen LogP contribution < -0.4 is 10.6 Å². The van der Waals surface area contributed by atoms with Crippen LogP contribution in [0.3, 0.4) is 0 Å². The van der Waals surface area contributed by atoms with Crippen molar-refractivity contribution in [2.24, 2.45) is 0 Å². The predicted molar refractivity (Wildman–Crippen MR) is 78.9 cm³/mol. The number of carbonyl (C=O) groups excluding carboxylic acids is 2. The highest BCUT2D eigenvalue weighted by atomic mass is 32.1. The Morgan fingerprint density at radius 2 is 1.79 bits per heavy atom. The lowest BCUT2D eigenvalue weighted by Gasteiger charge is -2.10. The van der Waals surface area contributed by atoms with E-state index in [2.05, 4.69) is 10.6 Å². The minimum Gasteiger partial charge on any atom is -0.360 e. The normalized spacial score (nSPS) is 10.5. The van der Waals surface area contributed by atoms with Crippen LogP contribution in [0, 0.1) is 0 Å². The number of hydrogen-bond acceptors (Lipinski definition) is 3. The number of rotatable bonds is 4. The van der Waals surface area contributed by atoms with Gasteiger partial charge in [-0.15, -0.1) is 0 Å². The Hall–Kier alpha value is -2.01. The summed E-state index contributed by atoms with van der Waals surface area (Å²) in [6, 6.07) is 8.88.